The smallest absolute Gasteiger partial charge is 0.123 e. The maximum absolute atomic E-state index is 5.71. The van der Waals surface area contributed by atoms with Crippen LogP contribution in [0.4, 0.5) is 0 Å². The number of nitrogens with two attached hydrogens (primary N) is 1. The van der Waals surface area contributed by atoms with Crippen molar-refractivity contribution in [3.63, 3.8) is 0 Å². The Labute approximate surface area is 108 Å². The summed E-state index contributed by atoms with van der Waals surface area (Å²) >= 11 is 5.05. The first-order valence-corrected chi connectivity index (χ1v) is 6.61. The first-order chi connectivity index (χ1) is 8.22. The number of hydrogen-bond acceptors (Lipinski definition) is 3. The topological polar surface area (TPSA) is 42.2 Å². The van der Waals surface area contributed by atoms with Gasteiger partial charge in [0.15, 0.2) is 0 Å². The van der Waals surface area contributed by atoms with Crippen molar-refractivity contribution in [3.8, 4) is 0 Å². The van der Waals surface area contributed by atoms with Crippen LogP contribution in [-0.2, 0) is 6.54 Å². The van der Waals surface area contributed by atoms with Crippen molar-refractivity contribution in [1.82, 2.24) is 9.88 Å². The molecule has 0 spiro atoms. The third kappa shape index (κ3) is 2.82. The molecule has 0 aliphatic carbocycles. The Morgan fingerprint density at radius 3 is 3.18 bits per heavy atom. The standard InChI is InChI=1S/C13H19N3S/c1-2-11-6-4-8-16(11)9-10-5-3-7-15-12(10)13(14)17/h3,5,7,11H,2,4,6,8-9H2,1H3,(H2,14,17). The molecule has 0 saturated carbocycles. The molecule has 1 unspecified atom stereocenters. The summed E-state index contributed by atoms with van der Waals surface area (Å²) in [6, 6.07) is 4.73. The quantitative estimate of drug-likeness (QED) is 0.830. The molecule has 17 heavy (non-hydrogen) atoms. The fourth-order valence-electron chi connectivity index (χ4n) is 2.57. The number of nitrogens with zero attached hydrogens (tertiary/aromatic N) is 2. The summed E-state index contributed by atoms with van der Waals surface area (Å²) in [5.74, 6) is 0. The van der Waals surface area contributed by atoms with Gasteiger partial charge < -0.3 is 5.73 Å². The molecule has 1 atom stereocenters. The van der Waals surface area contributed by atoms with Crippen LogP contribution in [0, 0.1) is 0 Å². The van der Waals surface area contributed by atoms with Gasteiger partial charge in [0.05, 0.1) is 0 Å². The Bertz CT molecular complexity index is 405. The van der Waals surface area contributed by atoms with Gasteiger partial charge in [-0.1, -0.05) is 25.2 Å². The highest BCUT2D eigenvalue weighted by atomic mass is 32.1. The number of likely N-dealkylation sites (tertiary alicyclic amines) is 1. The van der Waals surface area contributed by atoms with Crippen molar-refractivity contribution in [2.24, 2.45) is 5.73 Å². The van der Waals surface area contributed by atoms with Gasteiger partial charge in [0, 0.05) is 18.8 Å². The normalized spacial score (nSPS) is 20.6. The molecule has 4 heteroatoms. The minimum atomic E-state index is 0.396. The average molecular weight is 249 g/mol. The zero-order chi connectivity index (χ0) is 12.3. The molecule has 0 bridgehead atoms. The largest absolute Gasteiger partial charge is 0.388 e. The Morgan fingerprint density at radius 1 is 1.65 bits per heavy atom. The highest BCUT2D eigenvalue weighted by Crippen LogP contribution is 2.22. The van der Waals surface area contributed by atoms with Crippen molar-refractivity contribution < 1.29 is 0 Å². The lowest BCUT2D eigenvalue weighted by Gasteiger charge is -2.24. The number of rotatable bonds is 4. The Hall–Kier alpha value is -1.00. The van der Waals surface area contributed by atoms with Gasteiger partial charge in [-0.2, -0.15) is 0 Å². The van der Waals surface area contributed by atoms with Crippen LogP contribution in [0.1, 0.15) is 37.4 Å². The Morgan fingerprint density at radius 2 is 2.47 bits per heavy atom. The molecular weight excluding hydrogens is 230 g/mol. The summed E-state index contributed by atoms with van der Waals surface area (Å²) < 4.78 is 0. The minimum Gasteiger partial charge on any atom is -0.388 e. The van der Waals surface area contributed by atoms with Crippen LogP contribution < -0.4 is 5.73 Å². The second-order valence-electron chi connectivity index (χ2n) is 4.55. The van der Waals surface area contributed by atoms with Gasteiger partial charge in [0.25, 0.3) is 0 Å². The van der Waals surface area contributed by atoms with Gasteiger partial charge in [-0.25, -0.2) is 0 Å². The summed E-state index contributed by atoms with van der Waals surface area (Å²) in [5, 5.41) is 0. The lowest BCUT2D eigenvalue weighted by Crippen LogP contribution is -2.29. The maximum atomic E-state index is 5.71. The first kappa shape index (κ1) is 12.5. The molecule has 2 N–H and O–H groups in total. The van der Waals surface area contributed by atoms with Crippen molar-refractivity contribution >= 4 is 17.2 Å². The SMILES string of the molecule is CCC1CCCN1Cc1cccnc1C(N)=S. The Balaban J connectivity index is 2.15. The molecule has 92 valence electrons. The van der Waals surface area contributed by atoms with E-state index in [9.17, 15) is 0 Å². The lowest BCUT2D eigenvalue weighted by molar-refractivity contribution is 0.239. The molecule has 1 aliphatic heterocycles. The predicted molar refractivity (Wildman–Crippen MR) is 73.8 cm³/mol. The monoisotopic (exact) mass is 249 g/mol. The fourth-order valence-corrected chi connectivity index (χ4v) is 2.76. The lowest BCUT2D eigenvalue weighted by atomic mass is 10.1. The van der Waals surface area contributed by atoms with Gasteiger partial charge in [0.1, 0.15) is 10.7 Å². The van der Waals surface area contributed by atoms with E-state index in [-0.39, 0.29) is 0 Å². The highest BCUT2D eigenvalue weighted by Gasteiger charge is 2.23. The highest BCUT2D eigenvalue weighted by molar-refractivity contribution is 7.80. The van der Waals surface area contributed by atoms with E-state index in [0.29, 0.717) is 11.0 Å². The molecule has 3 nitrogen and oxygen atoms in total. The van der Waals surface area contributed by atoms with E-state index in [0.717, 1.165) is 17.8 Å². The van der Waals surface area contributed by atoms with Crippen LogP contribution in [0.3, 0.4) is 0 Å². The third-order valence-electron chi connectivity index (χ3n) is 3.47. The maximum Gasteiger partial charge on any atom is 0.123 e. The average Bonchev–Trinajstić information content (AvgIpc) is 2.77. The molecule has 1 aliphatic rings. The summed E-state index contributed by atoms with van der Waals surface area (Å²) in [5.41, 5.74) is 7.64. The molecule has 2 rings (SSSR count). The van der Waals surface area contributed by atoms with Crippen molar-refractivity contribution in [1.29, 1.82) is 0 Å². The zero-order valence-electron chi connectivity index (χ0n) is 10.2. The fraction of sp³-hybridized carbons (Fsp3) is 0.538. The summed E-state index contributed by atoms with van der Waals surface area (Å²) in [6.45, 7) is 4.34. The molecule has 1 saturated heterocycles. The molecule has 1 aromatic heterocycles. The van der Waals surface area contributed by atoms with Crippen LogP contribution in [0.15, 0.2) is 18.3 Å². The van der Waals surface area contributed by atoms with Crippen LogP contribution in [0.5, 0.6) is 0 Å². The summed E-state index contributed by atoms with van der Waals surface area (Å²) in [4.78, 5) is 7.19. The van der Waals surface area contributed by atoms with Gasteiger partial charge in [-0.15, -0.1) is 0 Å². The van der Waals surface area contributed by atoms with Crippen molar-refractivity contribution in [3.05, 3.63) is 29.6 Å². The van der Waals surface area contributed by atoms with E-state index < -0.39 is 0 Å². The summed E-state index contributed by atoms with van der Waals surface area (Å²) in [6.07, 6.45) is 5.56. The minimum absolute atomic E-state index is 0.396. The van der Waals surface area contributed by atoms with Gasteiger partial charge in [0.2, 0.25) is 0 Å². The molecule has 1 fully saturated rings. The van der Waals surface area contributed by atoms with E-state index in [4.69, 9.17) is 18.0 Å². The van der Waals surface area contributed by atoms with Crippen LogP contribution in [-0.4, -0.2) is 27.5 Å². The summed E-state index contributed by atoms with van der Waals surface area (Å²) in [7, 11) is 0. The molecule has 0 aromatic carbocycles. The molecule has 2 heterocycles. The van der Waals surface area contributed by atoms with Crippen LogP contribution in [0.2, 0.25) is 0 Å². The molecular formula is C13H19N3S. The number of aromatic nitrogens is 1. The number of pyridine rings is 1. The predicted octanol–water partition coefficient (Wildman–Crippen LogP) is 2.09. The first-order valence-electron chi connectivity index (χ1n) is 6.20. The van der Waals surface area contributed by atoms with Crippen LogP contribution in [0.25, 0.3) is 0 Å². The van der Waals surface area contributed by atoms with E-state index >= 15 is 0 Å². The van der Waals surface area contributed by atoms with Gasteiger partial charge in [-0.3, -0.25) is 9.88 Å². The van der Waals surface area contributed by atoms with Gasteiger partial charge in [-0.05, 0) is 37.4 Å². The van der Waals surface area contributed by atoms with E-state index in [1.165, 1.54) is 25.8 Å². The van der Waals surface area contributed by atoms with Crippen molar-refractivity contribution in [2.75, 3.05) is 6.54 Å². The third-order valence-corrected chi connectivity index (χ3v) is 3.66. The number of hydrogen-bond donors (Lipinski definition) is 1. The zero-order valence-corrected chi connectivity index (χ0v) is 11.0. The molecule has 0 radical (unpaired) electrons. The second-order valence-corrected chi connectivity index (χ2v) is 4.99. The van der Waals surface area contributed by atoms with Crippen LogP contribution >= 0.6 is 12.2 Å². The second kappa shape index (κ2) is 5.56. The molecule has 0 amide bonds. The number of thiocarbonyl (C=S) groups is 1. The van der Waals surface area contributed by atoms with E-state index in [1.807, 2.05) is 6.07 Å². The molecule has 1 aromatic rings. The van der Waals surface area contributed by atoms with E-state index in [1.54, 1.807) is 6.20 Å². The van der Waals surface area contributed by atoms with E-state index in [2.05, 4.69) is 22.9 Å². The van der Waals surface area contributed by atoms with Crippen molar-refractivity contribution in [2.45, 2.75) is 38.8 Å². The Kier molecular flexibility index (Phi) is 4.07. The van der Waals surface area contributed by atoms with Gasteiger partial charge >= 0.3 is 0 Å².